The van der Waals surface area contributed by atoms with Gasteiger partial charge >= 0.3 is 0 Å². The molecular weight excluding hydrogens is 210 g/mol. The van der Waals surface area contributed by atoms with Gasteiger partial charge in [-0.3, -0.25) is 0 Å². The van der Waals surface area contributed by atoms with Gasteiger partial charge in [-0.1, -0.05) is 6.92 Å². The van der Waals surface area contributed by atoms with Crippen molar-refractivity contribution in [2.24, 2.45) is 5.92 Å². The van der Waals surface area contributed by atoms with E-state index in [2.05, 4.69) is 22.9 Å². The predicted molar refractivity (Wildman–Crippen MR) is 63.6 cm³/mol. The second-order valence-corrected chi connectivity index (χ2v) is 6.29. The van der Waals surface area contributed by atoms with Crippen LogP contribution in [0.5, 0.6) is 0 Å². The molecule has 0 radical (unpaired) electrons. The molecule has 1 aromatic heterocycles. The maximum atomic E-state index is 4.31. The van der Waals surface area contributed by atoms with Crippen LogP contribution in [-0.2, 0) is 6.42 Å². The zero-order valence-corrected chi connectivity index (χ0v) is 9.83. The lowest BCUT2D eigenvalue weighted by Crippen LogP contribution is -2.18. The van der Waals surface area contributed by atoms with Crippen LogP contribution in [0, 0.1) is 5.92 Å². The van der Waals surface area contributed by atoms with Gasteiger partial charge in [-0.2, -0.15) is 0 Å². The molecule has 2 heterocycles. The van der Waals surface area contributed by atoms with E-state index < -0.39 is 0 Å². The summed E-state index contributed by atoms with van der Waals surface area (Å²) in [5, 5.41) is 3.19. The topological polar surface area (TPSA) is 12.9 Å². The van der Waals surface area contributed by atoms with Crippen molar-refractivity contribution >= 4 is 28.9 Å². The van der Waals surface area contributed by atoms with E-state index in [4.69, 9.17) is 0 Å². The average Bonchev–Trinajstić information content (AvgIpc) is 2.65. The highest BCUT2D eigenvalue weighted by molar-refractivity contribution is 8.02. The first-order chi connectivity index (χ1) is 6.84. The van der Waals surface area contributed by atoms with E-state index in [1.807, 2.05) is 11.8 Å². The second kappa shape index (κ2) is 3.38. The van der Waals surface area contributed by atoms with Crippen LogP contribution in [0.3, 0.4) is 0 Å². The van der Waals surface area contributed by atoms with Gasteiger partial charge in [-0.05, 0) is 53.3 Å². The summed E-state index contributed by atoms with van der Waals surface area (Å²) in [6.45, 7) is 2.33. The number of thioether (sulfide) groups is 1. The van der Waals surface area contributed by atoms with Crippen molar-refractivity contribution in [3.8, 4) is 0 Å². The Hall–Kier alpha value is -0.280. The van der Waals surface area contributed by atoms with E-state index >= 15 is 0 Å². The van der Waals surface area contributed by atoms with Crippen LogP contribution in [0.2, 0.25) is 0 Å². The van der Waals surface area contributed by atoms with Gasteiger partial charge in [-0.15, -0.1) is 11.8 Å². The fraction of sp³-hybridized carbons (Fsp3) is 0.545. The molecular formula is C11H13NS2. The van der Waals surface area contributed by atoms with E-state index in [0.717, 1.165) is 11.2 Å². The number of allylic oxidation sites excluding steroid dienone is 1. The number of fused-ring (bicyclic) bond motifs is 3. The molecule has 0 saturated carbocycles. The van der Waals surface area contributed by atoms with Crippen molar-refractivity contribution in [3.63, 3.8) is 0 Å². The van der Waals surface area contributed by atoms with E-state index in [1.54, 1.807) is 17.1 Å². The molecule has 14 heavy (non-hydrogen) atoms. The van der Waals surface area contributed by atoms with Gasteiger partial charge in [0.2, 0.25) is 0 Å². The summed E-state index contributed by atoms with van der Waals surface area (Å²) in [6.07, 6.45) is 5.99. The van der Waals surface area contributed by atoms with Crippen LogP contribution < -0.4 is 0 Å². The highest BCUT2D eigenvalue weighted by Crippen LogP contribution is 2.45. The molecule has 0 fully saturated rings. The smallest absolute Gasteiger partial charge is 0.0549 e. The molecule has 0 amide bonds. The molecule has 0 N–H and O–H groups in total. The van der Waals surface area contributed by atoms with Gasteiger partial charge in [-0.25, -0.2) is 4.37 Å². The Kier molecular flexibility index (Phi) is 2.17. The van der Waals surface area contributed by atoms with Crippen molar-refractivity contribution in [2.75, 3.05) is 0 Å². The van der Waals surface area contributed by atoms with Gasteiger partial charge in [0.15, 0.2) is 0 Å². The number of rotatable bonds is 0. The molecule has 2 atom stereocenters. The molecule has 1 aromatic rings. The van der Waals surface area contributed by atoms with Crippen molar-refractivity contribution in [1.82, 2.24) is 4.37 Å². The molecule has 2 unspecified atom stereocenters. The zero-order chi connectivity index (χ0) is 9.54. The predicted octanol–water partition coefficient (Wildman–Crippen LogP) is 3.57. The Balaban J connectivity index is 2.04. The van der Waals surface area contributed by atoms with Crippen LogP contribution in [0.15, 0.2) is 11.6 Å². The molecule has 0 bridgehead atoms. The van der Waals surface area contributed by atoms with Crippen molar-refractivity contribution < 1.29 is 0 Å². The molecule has 1 aliphatic carbocycles. The van der Waals surface area contributed by atoms with Gasteiger partial charge in [0.05, 0.1) is 4.88 Å². The lowest BCUT2D eigenvalue weighted by atomic mass is 9.82. The van der Waals surface area contributed by atoms with E-state index in [1.165, 1.54) is 29.7 Å². The lowest BCUT2D eigenvalue weighted by molar-refractivity contribution is 0.544. The minimum Gasteiger partial charge on any atom is -0.200 e. The molecule has 0 saturated heterocycles. The van der Waals surface area contributed by atoms with E-state index in [9.17, 15) is 0 Å². The maximum absolute atomic E-state index is 4.31. The number of aromatic nitrogens is 1. The molecule has 74 valence electrons. The minimum absolute atomic E-state index is 0.804. The fourth-order valence-corrected chi connectivity index (χ4v) is 4.38. The largest absolute Gasteiger partial charge is 0.200 e. The molecule has 3 rings (SSSR count). The SMILES string of the molecule is CC1CC2CCc3cnsc3C2=CS1. The quantitative estimate of drug-likeness (QED) is 0.667. The maximum Gasteiger partial charge on any atom is 0.0549 e. The van der Waals surface area contributed by atoms with Crippen LogP contribution in [0.1, 0.15) is 30.2 Å². The third kappa shape index (κ3) is 1.34. The van der Waals surface area contributed by atoms with Crippen LogP contribution in [0.25, 0.3) is 5.57 Å². The molecule has 0 aromatic carbocycles. The Morgan fingerprint density at radius 3 is 3.36 bits per heavy atom. The van der Waals surface area contributed by atoms with Crippen LogP contribution in [-0.4, -0.2) is 9.62 Å². The standard InChI is InChI=1S/C11H13NS2/c1-7-4-8-2-3-9-5-12-14-11(9)10(8)6-13-7/h5-8H,2-4H2,1H3. The fourth-order valence-electron chi connectivity index (χ4n) is 2.39. The summed E-state index contributed by atoms with van der Waals surface area (Å²) >= 11 is 3.67. The Bertz CT molecular complexity index is 380. The second-order valence-electron chi connectivity index (χ2n) is 4.17. The summed E-state index contributed by atoms with van der Waals surface area (Å²) in [5.41, 5.74) is 3.06. The summed E-state index contributed by atoms with van der Waals surface area (Å²) in [5.74, 6) is 0.819. The van der Waals surface area contributed by atoms with E-state index in [-0.39, 0.29) is 0 Å². The third-order valence-electron chi connectivity index (χ3n) is 3.15. The molecule has 1 aliphatic heterocycles. The van der Waals surface area contributed by atoms with Crippen molar-refractivity contribution in [1.29, 1.82) is 0 Å². The van der Waals surface area contributed by atoms with Crippen molar-refractivity contribution in [2.45, 2.75) is 31.4 Å². The molecule has 0 spiro atoms. The van der Waals surface area contributed by atoms with Gasteiger partial charge in [0.1, 0.15) is 0 Å². The molecule has 3 heteroatoms. The number of aryl methyl sites for hydroxylation is 1. The normalized spacial score (nSPS) is 30.5. The van der Waals surface area contributed by atoms with Crippen LogP contribution in [0.4, 0.5) is 0 Å². The van der Waals surface area contributed by atoms with Gasteiger partial charge in [0, 0.05) is 11.4 Å². The summed E-state index contributed by atoms with van der Waals surface area (Å²) in [4.78, 5) is 1.47. The minimum atomic E-state index is 0.804. The van der Waals surface area contributed by atoms with Crippen LogP contribution >= 0.6 is 23.3 Å². The highest BCUT2D eigenvalue weighted by atomic mass is 32.2. The van der Waals surface area contributed by atoms with Gasteiger partial charge in [0.25, 0.3) is 0 Å². The Morgan fingerprint density at radius 2 is 2.43 bits per heavy atom. The Morgan fingerprint density at radius 1 is 1.50 bits per heavy atom. The first kappa shape index (κ1) is 8.98. The number of hydrogen-bond donors (Lipinski definition) is 0. The summed E-state index contributed by atoms with van der Waals surface area (Å²) in [7, 11) is 0. The molecule has 2 aliphatic rings. The Labute approximate surface area is 92.8 Å². The average molecular weight is 223 g/mol. The van der Waals surface area contributed by atoms with Crippen molar-refractivity contribution in [3.05, 3.63) is 22.0 Å². The monoisotopic (exact) mass is 223 g/mol. The number of hydrogen-bond acceptors (Lipinski definition) is 3. The summed E-state index contributed by atoms with van der Waals surface area (Å²) in [6, 6.07) is 0. The first-order valence-corrected chi connectivity index (χ1v) is 6.85. The first-order valence-electron chi connectivity index (χ1n) is 5.14. The van der Waals surface area contributed by atoms with E-state index in [0.29, 0.717) is 0 Å². The molecule has 1 nitrogen and oxygen atoms in total. The van der Waals surface area contributed by atoms with Gasteiger partial charge < -0.3 is 0 Å². The zero-order valence-electron chi connectivity index (χ0n) is 8.19. The summed E-state index contributed by atoms with van der Waals surface area (Å²) < 4.78 is 4.31. The third-order valence-corrected chi connectivity index (χ3v) is 5.09. The lowest BCUT2D eigenvalue weighted by Gasteiger charge is -2.30. The number of nitrogens with zero attached hydrogens (tertiary/aromatic N) is 1. The highest BCUT2D eigenvalue weighted by Gasteiger charge is 2.29.